The zero-order valence-corrected chi connectivity index (χ0v) is 22.2. The maximum Gasteiger partial charge on any atom is 0.308 e. The van der Waals surface area contributed by atoms with E-state index in [1.807, 2.05) is 13.8 Å². The predicted molar refractivity (Wildman–Crippen MR) is 140 cm³/mol. The van der Waals surface area contributed by atoms with Gasteiger partial charge in [0.1, 0.15) is 6.10 Å². The van der Waals surface area contributed by atoms with Gasteiger partial charge in [0.15, 0.2) is 0 Å². The van der Waals surface area contributed by atoms with Crippen molar-refractivity contribution in [2.24, 2.45) is 35.0 Å². The van der Waals surface area contributed by atoms with Gasteiger partial charge in [-0.3, -0.25) is 4.79 Å². The van der Waals surface area contributed by atoms with Crippen LogP contribution in [-0.2, 0) is 9.53 Å². The lowest BCUT2D eigenvalue weighted by Gasteiger charge is -2.44. The Kier molecular flexibility index (Phi) is 8.12. The Hall–Kier alpha value is -1.65. The first-order valence-electron chi connectivity index (χ1n) is 13.9. The molecule has 0 amide bonds. The Morgan fingerprint density at radius 2 is 1.86 bits per heavy atom. The molecule has 0 aromatic carbocycles. The maximum absolute atomic E-state index is 12.2. The number of esters is 1. The van der Waals surface area contributed by atoms with E-state index >= 15 is 0 Å². The lowest BCUT2D eigenvalue weighted by atomic mass is 9.61. The van der Waals surface area contributed by atoms with Gasteiger partial charge in [0.2, 0.25) is 0 Å². The first-order chi connectivity index (χ1) is 16.6. The second-order valence-electron chi connectivity index (χ2n) is 12.3. The number of aliphatic hydroxyl groups excluding tert-OH is 2. The van der Waals surface area contributed by atoms with Crippen molar-refractivity contribution in [2.75, 3.05) is 0 Å². The zero-order valence-electron chi connectivity index (χ0n) is 22.2. The number of allylic oxidation sites excluding steroid dienone is 4. The average Bonchev–Trinajstić information content (AvgIpc) is 3.58. The molecule has 0 spiro atoms. The van der Waals surface area contributed by atoms with Crippen LogP contribution in [0.15, 0.2) is 47.6 Å². The summed E-state index contributed by atoms with van der Waals surface area (Å²) in [6, 6.07) is 0. The van der Waals surface area contributed by atoms with Gasteiger partial charge in [-0.25, -0.2) is 0 Å². The summed E-state index contributed by atoms with van der Waals surface area (Å²) in [5, 5.41) is 20.3. The first kappa shape index (κ1) is 26.4. The maximum atomic E-state index is 12.2. The van der Waals surface area contributed by atoms with Gasteiger partial charge < -0.3 is 14.9 Å². The van der Waals surface area contributed by atoms with E-state index in [0.29, 0.717) is 36.5 Å². The summed E-state index contributed by atoms with van der Waals surface area (Å²) in [5.41, 5.74) is 3.55. The highest BCUT2D eigenvalue weighted by Crippen LogP contribution is 2.59. The molecule has 0 aromatic rings. The normalized spacial score (nSPS) is 37.7. The van der Waals surface area contributed by atoms with Gasteiger partial charge in [-0.15, -0.1) is 0 Å². The Morgan fingerprint density at radius 3 is 2.54 bits per heavy atom. The van der Waals surface area contributed by atoms with Crippen LogP contribution in [0.25, 0.3) is 0 Å². The van der Waals surface area contributed by atoms with Crippen molar-refractivity contribution in [2.45, 2.75) is 104 Å². The molecule has 4 aliphatic rings. The molecule has 0 aliphatic heterocycles. The van der Waals surface area contributed by atoms with E-state index in [1.54, 1.807) is 0 Å². The Balaban J connectivity index is 1.46. The number of rotatable bonds is 7. The molecule has 0 unspecified atom stereocenters. The molecule has 4 heteroatoms. The highest BCUT2D eigenvalue weighted by Gasteiger charge is 2.50. The first-order valence-corrected chi connectivity index (χ1v) is 13.9. The van der Waals surface area contributed by atoms with Crippen molar-refractivity contribution in [3.05, 3.63) is 47.6 Å². The molecule has 2 N–H and O–H groups in total. The van der Waals surface area contributed by atoms with E-state index in [9.17, 15) is 15.0 Å². The average molecular weight is 483 g/mol. The summed E-state index contributed by atoms with van der Waals surface area (Å²) in [4.78, 5) is 12.2. The molecular weight excluding hydrogens is 436 g/mol. The minimum Gasteiger partial charge on any atom is -0.458 e. The van der Waals surface area contributed by atoms with Gasteiger partial charge in [0.05, 0.1) is 18.1 Å². The number of carbonyl (C=O) groups is 1. The number of ether oxygens (including phenoxy) is 1. The standard InChI is InChI=1S/C31H46O4/c1-19(2)30(34)35-29(23-10-11-23)15-8-20(3)26-13-14-27-22(7-6-16-31(26,27)5)9-12-24-17-25(32)18-28(33)21(24)4/h8-9,12,15,19-20,23,25-29,32-33H,4,6-7,10-11,13-14,16-18H2,1-3,5H3/b15-8+,22-9+,24-12-/t20-,25-,26-,27+,28+,29-,31-/m1/s1. The number of aliphatic hydroxyl groups is 2. The number of fused-ring (bicyclic) bond motifs is 1. The van der Waals surface area contributed by atoms with E-state index in [1.165, 1.54) is 31.3 Å². The van der Waals surface area contributed by atoms with Crippen LogP contribution in [0.3, 0.4) is 0 Å². The molecule has 0 saturated heterocycles. The monoisotopic (exact) mass is 482 g/mol. The van der Waals surface area contributed by atoms with Gasteiger partial charge >= 0.3 is 5.97 Å². The van der Waals surface area contributed by atoms with E-state index < -0.39 is 12.2 Å². The summed E-state index contributed by atoms with van der Waals surface area (Å²) in [6.07, 6.45) is 17.1. The molecule has 194 valence electrons. The highest BCUT2D eigenvalue weighted by molar-refractivity contribution is 5.71. The van der Waals surface area contributed by atoms with Crippen LogP contribution in [-0.4, -0.2) is 34.5 Å². The molecule has 0 radical (unpaired) electrons. The molecule has 4 saturated carbocycles. The van der Waals surface area contributed by atoms with Crippen molar-refractivity contribution < 1.29 is 19.7 Å². The summed E-state index contributed by atoms with van der Waals surface area (Å²) in [7, 11) is 0. The van der Waals surface area contributed by atoms with Crippen molar-refractivity contribution in [3.8, 4) is 0 Å². The predicted octanol–water partition coefficient (Wildman–Crippen LogP) is 6.30. The fraction of sp³-hybridized carbons (Fsp3) is 0.710. The van der Waals surface area contributed by atoms with E-state index in [-0.39, 0.29) is 23.4 Å². The van der Waals surface area contributed by atoms with E-state index in [0.717, 1.165) is 30.4 Å². The Morgan fingerprint density at radius 1 is 1.11 bits per heavy atom. The molecule has 4 aliphatic carbocycles. The number of carbonyl (C=O) groups excluding carboxylic acids is 1. The molecule has 0 bridgehead atoms. The molecular formula is C31H46O4. The van der Waals surface area contributed by atoms with Crippen LogP contribution in [0.5, 0.6) is 0 Å². The molecule has 4 fully saturated rings. The fourth-order valence-corrected chi connectivity index (χ4v) is 7.01. The summed E-state index contributed by atoms with van der Waals surface area (Å²) < 4.78 is 5.83. The van der Waals surface area contributed by atoms with Gasteiger partial charge in [0.25, 0.3) is 0 Å². The smallest absolute Gasteiger partial charge is 0.308 e. The second-order valence-corrected chi connectivity index (χ2v) is 12.3. The van der Waals surface area contributed by atoms with Crippen LogP contribution in [0.4, 0.5) is 0 Å². The third kappa shape index (κ3) is 5.85. The molecule has 4 nitrogen and oxygen atoms in total. The van der Waals surface area contributed by atoms with Crippen LogP contribution in [0.1, 0.15) is 85.5 Å². The van der Waals surface area contributed by atoms with Crippen LogP contribution in [0.2, 0.25) is 0 Å². The Bertz CT molecular complexity index is 892. The van der Waals surface area contributed by atoms with Crippen LogP contribution in [0, 0.1) is 35.0 Å². The summed E-state index contributed by atoms with van der Waals surface area (Å²) in [6.45, 7) is 12.7. The molecule has 7 atom stereocenters. The minimum absolute atomic E-state index is 0.0694. The topological polar surface area (TPSA) is 66.8 Å². The lowest BCUT2D eigenvalue weighted by Crippen LogP contribution is -2.35. The number of hydrogen-bond acceptors (Lipinski definition) is 4. The molecule has 0 aromatic heterocycles. The molecule has 4 rings (SSSR count). The van der Waals surface area contributed by atoms with E-state index in [4.69, 9.17) is 4.74 Å². The second kappa shape index (κ2) is 10.8. The molecule has 35 heavy (non-hydrogen) atoms. The SMILES string of the molecule is C=C1/C(=C\C=C2/CCC[C@]3(C)[C@@H]([C@H](C)/C=C/[C@@H](OC(=O)C(C)C)C4CC4)CC[C@@H]23)C[C@@H](O)C[C@@H]1O. The quantitative estimate of drug-likeness (QED) is 0.330. The van der Waals surface area contributed by atoms with Crippen LogP contribution >= 0.6 is 0 Å². The largest absolute Gasteiger partial charge is 0.458 e. The lowest BCUT2D eigenvalue weighted by molar-refractivity contribution is -0.151. The van der Waals surface area contributed by atoms with Crippen molar-refractivity contribution in [1.29, 1.82) is 0 Å². The van der Waals surface area contributed by atoms with Gasteiger partial charge in [0, 0.05) is 6.42 Å². The van der Waals surface area contributed by atoms with Gasteiger partial charge in [-0.2, -0.15) is 0 Å². The summed E-state index contributed by atoms with van der Waals surface area (Å²) >= 11 is 0. The van der Waals surface area contributed by atoms with Crippen molar-refractivity contribution in [3.63, 3.8) is 0 Å². The van der Waals surface area contributed by atoms with Crippen molar-refractivity contribution in [1.82, 2.24) is 0 Å². The fourth-order valence-electron chi connectivity index (χ4n) is 7.01. The molecule has 0 heterocycles. The van der Waals surface area contributed by atoms with Gasteiger partial charge in [-0.05, 0) is 97.7 Å². The Labute approximate surface area is 212 Å². The van der Waals surface area contributed by atoms with E-state index in [2.05, 4.69) is 44.7 Å². The van der Waals surface area contributed by atoms with Crippen molar-refractivity contribution >= 4 is 5.97 Å². The third-order valence-corrected chi connectivity index (χ3v) is 9.35. The number of hydrogen-bond donors (Lipinski definition) is 2. The minimum atomic E-state index is -0.636. The zero-order chi connectivity index (χ0) is 25.3. The summed E-state index contributed by atoms with van der Waals surface area (Å²) in [5.74, 6) is 1.97. The van der Waals surface area contributed by atoms with Crippen LogP contribution < -0.4 is 0 Å². The van der Waals surface area contributed by atoms with Gasteiger partial charge in [-0.1, -0.05) is 58.1 Å². The highest BCUT2D eigenvalue weighted by atomic mass is 16.5. The third-order valence-electron chi connectivity index (χ3n) is 9.35.